The van der Waals surface area contributed by atoms with Crippen LogP contribution in [0.1, 0.15) is 24.0 Å². The van der Waals surface area contributed by atoms with Gasteiger partial charge in [0.2, 0.25) is 17.6 Å². The number of amides is 3. The summed E-state index contributed by atoms with van der Waals surface area (Å²) in [5, 5.41) is 5.05. The molecule has 1 heterocycles. The lowest BCUT2D eigenvalue weighted by molar-refractivity contribution is -0.147. The molecule has 2 unspecified atom stereocenters. The Kier molecular flexibility index (Phi) is 6.95. The fourth-order valence-corrected chi connectivity index (χ4v) is 3.58. The molecule has 0 aromatic heterocycles. The van der Waals surface area contributed by atoms with Gasteiger partial charge in [-0.05, 0) is 17.5 Å². The standard InChI is InChI=1S/C23H25N3O4/c1-24-22(29)21(28)19(14-16-8-4-2-5-9-16)26(15-17-10-6-3-7-11-17)23(30)18-12-13-20(27)25-18/h2-11,18-19H,12-15H2,1H3,(H,24,29)(H,25,27). The Labute approximate surface area is 175 Å². The van der Waals surface area contributed by atoms with Crippen LogP contribution in [0.3, 0.4) is 0 Å². The fraction of sp³-hybridized carbons (Fsp3) is 0.304. The van der Waals surface area contributed by atoms with Gasteiger partial charge in [-0.1, -0.05) is 60.7 Å². The maximum Gasteiger partial charge on any atom is 0.289 e. The van der Waals surface area contributed by atoms with Crippen molar-refractivity contribution in [1.29, 1.82) is 0 Å². The highest BCUT2D eigenvalue weighted by Crippen LogP contribution is 2.19. The van der Waals surface area contributed by atoms with Crippen molar-refractivity contribution in [3.8, 4) is 0 Å². The predicted octanol–water partition coefficient (Wildman–Crippen LogP) is 1.22. The molecule has 0 bridgehead atoms. The van der Waals surface area contributed by atoms with Crippen LogP contribution in [-0.4, -0.2) is 47.5 Å². The minimum absolute atomic E-state index is 0.159. The zero-order valence-electron chi connectivity index (χ0n) is 16.8. The molecule has 30 heavy (non-hydrogen) atoms. The molecule has 0 spiro atoms. The lowest BCUT2D eigenvalue weighted by atomic mass is 9.98. The van der Waals surface area contributed by atoms with Crippen molar-refractivity contribution in [2.45, 2.75) is 37.9 Å². The molecule has 2 aromatic carbocycles. The first kappa shape index (κ1) is 21.2. The molecule has 0 radical (unpaired) electrons. The van der Waals surface area contributed by atoms with E-state index in [4.69, 9.17) is 0 Å². The Hall–Kier alpha value is -3.48. The van der Waals surface area contributed by atoms with Crippen LogP contribution in [0.15, 0.2) is 60.7 Å². The highest BCUT2D eigenvalue weighted by molar-refractivity contribution is 6.38. The zero-order valence-corrected chi connectivity index (χ0v) is 16.8. The summed E-state index contributed by atoms with van der Waals surface area (Å²) in [4.78, 5) is 51.7. The Balaban J connectivity index is 1.97. The molecule has 0 aliphatic carbocycles. The number of benzene rings is 2. The van der Waals surface area contributed by atoms with Crippen molar-refractivity contribution in [3.05, 3.63) is 71.8 Å². The number of hydrogen-bond donors (Lipinski definition) is 2. The Morgan fingerprint density at radius 3 is 2.17 bits per heavy atom. The van der Waals surface area contributed by atoms with Crippen LogP contribution in [0.4, 0.5) is 0 Å². The topological polar surface area (TPSA) is 95.6 Å². The fourth-order valence-electron chi connectivity index (χ4n) is 3.58. The molecule has 1 fully saturated rings. The smallest absolute Gasteiger partial charge is 0.289 e. The first-order valence-corrected chi connectivity index (χ1v) is 9.93. The molecule has 7 heteroatoms. The third kappa shape index (κ3) is 5.11. The summed E-state index contributed by atoms with van der Waals surface area (Å²) < 4.78 is 0. The van der Waals surface area contributed by atoms with Crippen LogP contribution >= 0.6 is 0 Å². The maximum atomic E-state index is 13.4. The minimum Gasteiger partial charge on any atom is -0.353 e. The van der Waals surface area contributed by atoms with Gasteiger partial charge in [-0.25, -0.2) is 0 Å². The van der Waals surface area contributed by atoms with E-state index in [-0.39, 0.29) is 31.2 Å². The minimum atomic E-state index is -0.988. The molecule has 3 rings (SSSR count). The van der Waals surface area contributed by atoms with Gasteiger partial charge < -0.3 is 15.5 Å². The molecule has 3 amide bonds. The second-order valence-corrected chi connectivity index (χ2v) is 7.26. The van der Waals surface area contributed by atoms with Gasteiger partial charge in [-0.3, -0.25) is 19.2 Å². The van der Waals surface area contributed by atoms with Crippen molar-refractivity contribution < 1.29 is 19.2 Å². The maximum absolute atomic E-state index is 13.4. The number of likely N-dealkylation sites (N-methyl/N-ethyl adjacent to an activating group) is 1. The molecule has 2 N–H and O–H groups in total. The molecular weight excluding hydrogens is 382 g/mol. The molecule has 1 saturated heterocycles. The van der Waals surface area contributed by atoms with Gasteiger partial charge in [0.15, 0.2) is 0 Å². The van der Waals surface area contributed by atoms with E-state index in [1.807, 2.05) is 60.7 Å². The summed E-state index contributed by atoms with van der Waals surface area (Å²) in [5.74, 6) is -1.99. The number of hydrogen-bond acceptors (Lipinski definition) is 4. The van der Waals surface area contributed by atoms with Gasteiger partial charge in [0, 0.05) is 26.4 Å². The first-order valence-electron chi connectivity index (χ1n) is 9.93. The number of carbonyl (C=O) groups is 4. The average Bonchev–Trinajstić information content (AvgIpc) is 3.22. The number of rotatable bonds is 8. The van der Waals surface area contributed by atoms with Gasteiger partial charge in [0.25, 0.3) is 5.91 Å². The van der Waals surface area contributed by atoms with Crippen LogP contribution in [-0.2, 0) is 32.1 Å². The molecule has 156 valence electrons. The summed E-state index contributed by atoms with van der Waals surface area (Å²) in [5.41, 5.74) is 1.67. The van der Waals surface area contributed by atoms with E-state index in [0.29, 0.717) is 6.42 Å². The van der Waals surface area contributed by atoms with Crippen LogP contribution in [0.2, 0.25) is 0 Å². The SMILES string of the molecule is CNC(=O)C(=O)C(Cc1ccccc1)N(Cc1ccccc1)C(=O)C1CCC(=O)N1. The second-order valence-electron chi connectivity index (χ2n) is 7.26. The van der Waals surface area contributed by atoms with Gasteiger partial charge >= 0.3 is 0 Å². The lowest BCUT2D eigenvalue weighted by Crippen LogP contribution is -2.54. The zero-order chi connectivity index (χ0) is 21.5. The third-order valence-corrected chi connectivity index (χ3v) is 5.17. The summed E-state index contributed by atoms with van der Waals surface area (Å²) in [6.07, 6.45) is 0.837. The molecule has 1 aliphatic heterocycles. The van der Waals surface area contributed by atoms with E-state index in [1.165, 1.54) is 11.9 Å². The molecular formula is C23H25N3O4. The Morgan fingerprint density at radius 1 is 1.03 bits per heavy atom. The van der Waals surface area contributed by atoms with Crippen molar-refractivity contribution in [2.24, 2.45) is 0 Å². The number of carbonyl (C=O) groups excluding carboxylic acids is 4. The highest BCUT2D eigenvalue weighted by Gasteiger charge is 2.38. The van der Waals surface area contributed by atoms with Gasteiger partial charge in [-0.15, -0.1) is 0 Å². The monoisotopic (exact) mass is 407 g/mol. The molecule has 2 atom stereocenters. The molecule has 1 aliphatic rings. The molecule has 0 saturated carbocycles. The van der Waals surface area contributed by atoms with Gasteiger partial charge in [-0.2, -0.15) is 0 Å². The highest BCUT2D eigenvalue weighted by atomic mass is 16.2. The number of nitrogens with one attached hydrogen (secondary N) is 2. The average molecular weight is 407 g/mol. The summed E-state index contributed by atoms with van der Waals surface area (Å²) in [6, 6.07) is 16.9. The summed E-state index contributed by atoms with van der Waals surface area (Å²) in [7, 11) is 1.39. The Bertz CT molecular complexity index is 915. The summed E-state index contributed by atoms with van der Waals surface area (Å²) >= 11 is 0. The van der Waals surface area contributed by atoms with Crippen LogP contribution in [0, 0.1) is 0 Å². The molecule has 2 aromatic rings. The van der Waals surface area contributed by atoms with E-state index >= 15 is 0 Å². The van der Waals surface area contributed by atoms with Crippen molar-refractivity contribution >= 4 is 23.5 Å². The van der Waals surface area contributed by atoms with Crippen LogP contribution < -0.4 is 10.6 Å². The quantitative estimate of drug-likeness (QED) is 0.643. The van der Waals surface area contributed by atoms with Gasteiger partial charge in [0.05, 0.1) is 0 Å². The van der Waals surface area contributed by atoms with Crippen LogP contribution in [0.5, 0.6) is 0 Å². The third-order valence-electron chi connectivity index (χ3n) is 5.17. The summed E-state index contributed by atoms with van der Waals surface area (Å²) in [6.45, 7) is 0.159. The van der Waals surface area contributed by atoms with E-state index < -0.39 is 23.8 Å². The predicted molar refractivity (Wildman–Crippen MR) is 111 cm³/mol. The normalized spacial score (nSPS) is 16.4. The first-order chi connectivity index (χ1) is 14.5. The largest absolute Gasteiger partial charge is 0.353 e. The van der Waals surface area contributed by atoms with E-state index in [1.54, 1.807) is 0 Å². The van der Waals surface area contributed by atoms with E-state index in [9.17, 15) is 19.2 Å². The van der Waals surface area contributed by atoms with Crippen molar-refractivity contribution in [3.63, 3.8) is 0 Å². The lowest BCUT2D eigenvalue weighted by Gasteiger charge is -2.32. The number of Topliss-reactive ketones (excluding diaryl/α,β-unsaturated/α-hetero) is 1. The number of nitrogens with zero attached hydrogens (tertiary/aromatic N) is 1. The Morgan fingerprint density at radius 2 is 1.63 bits per heavy atom. The number of ketones is 1. The van der Waals surface area contributed by atoms with Crippen molar-refractivity contribution in [2.75, 3.05) is 7.05 Å². The second kappa shape index (κ2) is 9.82. The van der Waals surface area contributed by atoms with Gasteiger partial charge in [0.1, 0.15) is 12.1 Å². The van der Waals surface area contributed by atoms with E-state index in [2.05, 4.69) is 10.6 Å². The van der Waals surface area contributed by atoms with Crippen LogP contribution in [0.25, 0.3) is 0 Å². The van der Waals surface area contributed by atoms with Crippen molar-refractivity contribution in [1.82, 2.24) is 15.5 Å². The van der Waals surface area contributed by atoms with E-state index in [0.717, 1.165) is 11.1 Å². The molecule has 7 nitrogen and oxygen atoms in total.